The summed E-state index contributed by atoms with van der Waals surface area (Å²) in [6.45, 7) is 14.8. The van der Waals surface area contributed by atoms with Crippen LogP contribution in [-0.4, -0.2) is 4.98 Å². The van der Waals surface area contributed by atoms with Gasteiger partial charge in [-0.3, -0.25) is 14.7 Å². The standard InChI is InChI=1S/C37H22N4S/c1-38-33-19-14-28(24-34(33)39-2)26-12-17-30(18-13-26)41(29-15-10-25(11-16-29)27-20-22-40-23-21-27)35-8-5-7-32-31-6-3-4-9-36(31)42-37(32)35/h3-24H. The lowest BCUT2D eigenvalue weighted by atomic mass is 10.0. The highest BCUT2D eigenvalue weighted by Gasteiger charge is 2.18. The zero-order valence-corrected chi connectivity index (χ0v) is 23.2. The van der Waals surface area contributed by atoms with Crippen LogP contribution in [0, 0.1) is 13.1 Å². The van der Waals surface area contributed by atoms with Crippen molar-refractivity contribution in [2.75, 3.05) is 4.90 Å². The summed E-state index contributed by atoms with van der Waals surface area (Å²) in [6, 6.07) is 41.6. The molecule has 0 bridgehead atoms. The molecule has 5 aromatic carbocycles. The van der Waals surface area contributed by atoms with Gasteiger partial charge in [0.2, 0.25) is 0 Å². The average Bonchev–Trinajstić information content (AvgIpc) is 3.45. The van der Waals surface area contributed by atoms with Gasteiger partial charge in [0, 0.05) is 39.2 Å². The molecule has 0 N–H and O–H groups in total. The first-order chi connectivity index (χ1) is 20.7. The van der Waals surface area contributed by atoms with E-state index in [1.807, 2.05) is 41.9 Å². The SMILES string of the molecule is [C-]#[N+]c1ccc(-c2ccc(N(c3ccc(-c4ccncc4)cc3)c3cccc4c3sc3ccccc34)cc2)cc1[N+]#[C-]. The van der Waals surface area contributed by atoms with Crippen LogP contribution in [0.5, 0.6) is 0 Å². The summed E-state index contributed by atoms with van der Waals surface area (Å²) < 4.78 is 2.50. The Bertz CT molecular complexity index is 2150. The summed E-state index contributed by atoms with van der Waals surface area (Å²) >= 11 is 1.81. The molecule has 0 saturated heterocycles. The first-order valence-corrected chi connectivity index (χ1v) is 14.3. The highest BCUT2D eigenvalue weighted by Crippen LogP contribution is 2.45. The van der Waals surface area contributed by atoms with E-state index < -0.39 is 0 Å². The molecule has 7 aromatic rings. The fourth-order valence-corrected chi connectivity index (χ4v) is 6.58. The van der Waals surface area contributed by atoms with Gasteiger partial charge >= 0.3 is 0 Å². The molecule has 0 atom stereocenters. The van der Waals surface area contributed by atoms with Gasteiger partial charge in [0.1, 0.15) is 0 Å². The minimum atomic E-state index is 0.374. The lowest BCUT2D eigenvalue weighted by Crippen LogP contribution is -2.10. The minimum Gasteiger partial charge on any atom is -0.309 e. The minimum absolute atomic E-state index is 0.374. The second-order valence-corrected chi connectivity index (χ2v) is 10.9. The molecule has 2 heterocycles. The molecule has 0 radical (unpaired) electrons. The Morgan fingerprint density at radius 3 is 1.83 bits per heavy atom. The van der Waals surface area contributed by atoms with Crippen molar-refractivity contribution in [3.63, 3.8) is 0 Å². The summed E-state index contributed by atoms with van der Waals surface area (Å²) in [5, 5.41) is 2.51. The number of thiophene rings is 1. The lowest BCUT2D eigenvalue weighted by Gasteiger charge is -2.26. The van der Waals surface area contributed by atoms with E-state index in [0.717, 1.165) is 39.3 Å². The van der Waals surface area contributed by atoms with Gasteiger partial charge in [-0.1, -0.05) is 72.8 Å². The second kappa shape index (κ2) is 10.7. The Kier molecular flexibility index (Phi) is 6.41. The van der Waals surface area contributed by atoms with Crippen molar-refractivity contribution >= 4 is 59.9 Å². The van der Waals surface area contributed by atoms with Gasteiger partial charge in [-0.15, -0.1) is 11.3 Å². The third-order valence-electron chi connectivity index (χ3n) is 7.44. The fraction of sp³-hybridized carbons (Fsp3) is 0. The number of rotatable bonds is 5. The molecule has 0 spiro atoms. The van der Waals surface area contributed by atoms with Crippen molar-refractivity contribution in [1.82, 2.24) is 4.98 Å². The van der Waals surface area contributed by atoms with E-state index in [1.165, 1.54) is 20.2 Å². The molecule has 196 valence electrons. The maximum atomic E-state index is 7.48. The summed E-state index contributed by atoms with van der Waals surface area (Å²) in [5.74, 6) is 0. The number of pyridine rings is 1. The third kappa shape index (κ3) is 4.45. The monoisotopic (exact) mass is 554 g/mol. The fourth-order valence-electron chi connectivity index (χ4n) is 5.37. The summed E-state index contributed by atoms with van der Waals surface area (Å²) in [5.41, 5.74) is 8.13. The quantitative estimate of drug-likeness (QED) is 0.198. The molecule has 0 aliphatic heterocycles. The van der Waals surface area contributed by atoms with Gasteiger partial charge in [0.25, 0.3) is 0 Å². The Labute approximate surface area is 248 Å². The lowest BCUT2D eigenvalue weighted by molar-refractivity contribution is 1.30. The van der Waals surface area contributed by atoms with E-state index in [4.69, 9.17) is 13.1 Å². The zero-order valence-electron chi connectivity index (χ0n) is 22.4. The van der Waals surface area contributed by atoms with Crippen molar-refractivity contribution < 1.29 is 0 Å². The van der Waals surface area contributed by atoms with Crippen molar-refractivity contribution in [2.45, 2.75) is 0 Å². The van der Waals surface area contributed by atoms with Gasteiger partial charge in [-0.2, -0.15) is 0 Å². The molecule has 42 heavy (non-hydrogen) atoms. The topological polar surface area (TPSA) is 24.9 Å². The Morgan fingerprint density at radius 1 is 0.548 bits per heavy atom. The van der Waals surface area contributed by atoms with Gasteiger partial charge in [-0.05, 0) is 70.8 Å². The van der Waals surface area contributed by atoms with Crippen LogP contribution in [0.15, 0.2) is 134 Å². The van der Waals surface area contributed by atoms with Crippen molar-refractivity contribution in [2.24, 2.45) is 0 Å². The van der Waals surface area contributed by atoms with Gasteiger partial charge < -0.3 is 4.90 Å². The predicted molar refractivity (Wildman–Crippen MR) is 175 cm³/mol. The molecular weight excluding hydrogens is 533 g/mol. The number of hydrogen-bond acceptors (Lipinski definition) is 3. The largest absolute Gasteiger partial charge is 0.309 e. The number of aromatic nitrogens is 1. The van der Waals surface area contributed by atoms with Crippen molar-refractivity contribution in [1.29, 1.82) is 0 Å². The first-order valence-electron chi connectivity index (χ1n) is 13.4. The van der Waals surface area contributed by atoms with Gasteiger partial charge in [0.05, 0.1) is 23.5 Å². The van der Waals surface area contributed by atoms with E-state index in [2.05, 4.69) is 111 Å². The highest BCUT2D eigenvalue weighted by atomic mass is 32.1. The average molecular weight is 555 g/mol. The van der Waals surface area contributed by atoms with Crippen LogP contribution in [-0.2, 0) is 0 Å². The molecule has 2 aromatic heterocycles. The Hall–Kier alpha value is -5.75. The summed E-state index contributed by atoms with van der Waals surface area (Å²) in [6.07, 6.45) is 3.63. The zero-order chi connectivity index (χ0) is 28.5. The molecule has 7 rings (SSSR count). The van der Waals surface area contributed by atoms with Crippen molar-refractivity contribution in [3.05, 3.63) is 157 Å². The maximum Gasteiger partial charge on any atom is 0.195 e. The molecule has 5 heteroatoms. The normalized spacial score (nSPS) is 10.8. The first kappa shape index (κ1) is 25.2. The molecular formula is C37H22N4S. The number of benzene rings is 5. The molecule has 0 aliphatic rings. The van der Waals surface area contributed by atoms with Crippen LogP contribution < -0.4 is 4.90 Å². The van der Waals surface area contributed by atoms with Crippen LogP contribution in [0.2, 0.25) is 0 Å². The Morgan fingerprint density at radius 2 is 1.14 bits per heavy atom. The van der Waals surface area contributed by atoms with E-state index in [1.54, 1.807) is 12.1 Å². The number of hydrogen-bond donors (Lipinski definition) is 0. The molecule has 0 aliphatic carbocycles. The molecule has 0 amide bonds. The third-order valence-corrected chi connectivity index (χ3v) is 8.65. The summed E-state index contributed by atoms with van der Waals surface area (Å²) in [7, 11) is 0. The van der Waals surface area contributed by atoms with Crippen molar-refractivity contribution in [3.8, 4) is 22.3 Å². The van der Waals surface area contributed by atoms with Crippen LogP contribution in [0.3, 0.4) is 0 Å². The number of nitrogens with zero attached hydrogens (tertiary/aromatic N) is 4. The van der Waals surface area contributed by atoms with Crippen LogP contribution in [0.4, 0.5) is 28.4 Å². The van der Waals surface area contributed by atoms with E-state index >= 15 is 0 Å². The maximum absolute atomic E-state index is 7.48. The summed E-state index contributed by atoms with van der Waals surface area (Å²) in [4.78, 5) is 13.5. The molecule has 0 fully saturated rings. The smallest absolute Gasteiger partial charge is 0.195 e. The van der Waals surface area contributed by atoms with Crippen LogP contribution in [0.1, 0.15) is 0 Å². The van der Waals surface area contributed by atoms with E-state index in [9.17, 15) is 0 Å². The van der Waals surface area contributed by atoms with Gasteiger partial charge in [-0.25, -0.2) is 0 Å². The second-order valence-electron chi connectivity index (χ2n) is 9.84. The van der Waals surface area contributed by atoms with Crippen LogP contribution in [0.25, 0.3) is 52.1 Å². The van der Waals surface area contributed by atoms with E-state index in [0.29, 0.717) is 11.4 Å². The highest BCUT2D eigenvalue weighted by molar-refractivity contribution is 7.26. The molecule has 0 unspecified atom stereocenters. The number of anilines is 3. The molecule has 0 saturated carbocycles. The van der Waals surface area contributed by atoms with E-state index in [-0.39, 0.29) is 0 Å². The number of fused-ring (bicyclic) bond motifs is 3. The van der Waals surface area contributed by atoms with Crippen LogP contribution >= 0.6 is 11.3 Å². The predicted octanol–water partition coefficient (Wildman–Crippen LogP) is 11.4. The Balaban J connectivity index is 1.36. The molecule has 4 nitrogen and oxygen atoms in total. The van der Waals surface area contributed by atoms with Gasteiger partial charge in [0.15, 0.2) is 11.4 Å².